The Balaban J connectivity index is 0.000000791. The van der Waals surface area contributed by atoms with E-state index in [9.17, 15) is 0 Å². The lowest BCUT2D eigenvalue weighted by molar-refractivity contribution is 0.321. The molecule has 2 N–H and O–H groups in total. The van der Waals surface area contributed by atoms with E-state index >= 15 is 0 Å². The summed E-state index contributed by atoms with van der Waals surface area (Å²) >= 11 is 0. The van der Waals surface area contributed by atoms with Crippen LogP contribution in [0.1, 0.15) is 53.4 Å². The summed E-state index contributed by atoms with van der Waals surface area (Å²) in [6.07, 6.45) is 5.14. The molecule has 0 aliphatic carbocycles. The molecule has 1 saturated heterocycles. The van der Waals surface area contributed by atoms with E-state index < -0.39 is 0 Å². The highest BCUT2D eigenvalue weighted by Crippen LogP contribution is 2.18. The summed E-state index contributed by atoms with van der Waals surface area (Å²) in [7, 11) is 0. The molecule has 14 heavy (non-hydrogen) atoms. The van der Waals surface area contributed by atoms with Gasteiger partial charge in [0.2, 0.25) is 0 Å². The number of hydrogen-bond acceptors (Lipinski definition) is 2. The van der Waals surface area contributed by atoms with Crippen molar-refractivity contribution in [2.75, 3.05) is 19.6 Å². The van der Waals surface area contributed by atoms with E-state index in [1.807, 2.05) is 13.8 Å². The smallest absolute Gasteiger partial charge is 0.0165 e. The summed E-state index contributed by atoms with van der Waals surface area (Å²) in [6.45, 7) is 12.1. The Hall–Kier alpha value is -0.0800. The zero-order chi connectivity index (χ0) is 10.9. The molecule has 86 valence electrons. The van der Waals surface area contributed by atoms with Crippen molar-refractivity contribution in [1.82, 2.24) is 10.6 Å². The zero-order valence-electron chi connectivity index (χ0n) is 10.4. The van der Waals surface area contributed by atoms with Crippen LogP contribution in [0.4, 0.5) is 0 Å². The molecule has 0 aromatic rings. The molecule has 1 aliphatic rings. The number of rotatable bonds is 3. The number of nitrogens with one attached hydrogen (secondary N) is 2. The summed E-state index contributed by atoms with van der Waals surface area (Å²) < 4.78 is 0. The lowest BCUT2D eigenvalue weighted by Gasteiger charge is -2.29. The highest BCUT2D eigenvalue weighted by atomic mass is 15.0. The van der Waals surface area contributed by atoms with E-state index in [1.165, 1.54) is 38.8 Å². The Bertz CT molecular complexity index is 115. The van der Waals surface area contributed by atoms with Crippen LogP contribution in [0, 0.1) is 0 Å². The summed E-state index contributed by atoms with van der Waals surface area (Å²) in [5, 5.41) is 7.09. The number of hydrogen-bond donors (Lipinski definition) is 2. The van der Waals surface area contributed by atoms with Gasteiger partial charge in [-0.05, 0) is 52.2 Å². The van der Waals surface area contributed by atoms with E-state index in [2.05, 4.69) is 24.5 Å². The van der Waals surface area contributed by atoms with Crippen LogP contribution in [0.25, 0.3) is 0 Å². The lowest BCUT2D eigenvalue weighted by atomic mass is 9.93. The molecule has 1 aliphatic heterocycles. The first-order chi connectivity index (χ1) is 6.77. The molecular weight excluding hydrogens is 172 g/mol. The molecule has 0 bridgehead atoms. The molecule has 1 fully saturated rings. The van der Waals surface area contributed by atoms with Crippen molar-refractivity contribution >= 4 is 0 Å². The van der Waals surface area contributed by atoms with E-state index in [0.29, 0.717) is 5.54 Å². The van der Waals surface area contributed by atoms with Crippen LogP contribution in [0.2, 0.25) is 0 Å². The second kappa shape index (κ2) is 8.25. The normalized spacial score (nSPS) is 27.4. The Kier molecular flexibility index (Phi) is 8.20. The van der Waals surface area contributed by atoms with E-state index in [1.54, 1.807) is 0 Å². The highest BCUT2D eigenvalue weighted by molar-refractivity contribution is 4.85. The molecule has 1 unspecified atom stereocenters. The maximum atomic E-state index is 3.65. The van der Waals surface area contributed by atoms with Crippen LogP contribution >= 0.6 is 0 Å². The van der Waals surface area contributed by atoms with Crippen LogP contribution in [0.3, 0.4) is 0 Å². The van der Waals surface area contributed by atoms with Gasteiger partial charge in [0.05, 0.1) is 0 Å². The predicted molar refractivity (Wildman–Crippen MR) is 64.8 cm³/mol. The second-order valence-corrected chi connectivity index (χ2v) is 4.09. The molecular formula is C12H28N2. The van der Waals surface area contributed by atoms with Crippen LogP contribution in [-0.4, -0.2) is 25.2 Å². The Morgan fingerprint density at radius 1 is 1.21 bits per heavy atom. The molecule has 0 aromatic heterocycles. The Labute approximate surface area is 89.9 Å². The Morgan fingerprint density at radius 3 is 2.57 bits per heavy atom. The van der Waals surface area contributed by atoms with Crippen molar-refractivity contribution in [2.45, 2.75) is 58.9 Å². The van der Waals surface area contributed by atoms with Crippen molar-refractivity contribution < 1.29 is 0 Å². The fraction of sp³-hybridized carbons (Fsp3) is 1.00. The molecule has 1 heterocycles. The minimum absolute atomic E-state index is 0.402. The molecule has 0 aromatic carbocycles. The first kappa shape index (κ1) is 13.9. The van der Waals surface area contributed by atoms with Gasteiger partial charge >= 0.3 is 0 Å². The minimum Gasteiger partial charge on any atom is -0.317 e. The van der Waals surface area contributed by atoms with Gasteiger partial charge in [-0.3, -0.25) is 0 Å². The second-order valence-electron chi connectivity index (χ2n) is 4.09. The third-order valence-corrected chi connectivity index (χ3v) is 2.74. The minimum atomic E-state index is 0.402. The van der Waals surface area contributed by atoms with Crippen molar-refractivity contribution in [3.8, 4) is 0 Å². The van der Waals surface area contributed by atoms with Gasteiger partial charge in [0, 0.05) is 5.54 Å². The van der Waals surface area contributed by atoms with Crippen LogP contribution in [-0.2, 0) is 0 Å². The summed E-state index contributed by atoms with van der Waals surface area (Å²) in [6, 6.07) is 0. The van der Waals surface area contributed by atoms with Gasteiger partial charge in [0.1, 0.15) is 0 Å². The summed E-state index contributed by atoms with van der Waals surface area (Å²) in [4.78, 5) is 0. The predicted octanol–water partition coefficient (Wildman–Crippen LogP) is 2.54. The molecule has 1 atom stereocenters. The van der Waals surface area contributed by atoms with E-state index in [0.717, 1.165) is 6.54 Å². The van der Waals surface area contributed by atoms with Crippen LogP contribution < -0.4 is 10.6 Å². The highest BCUT2D eigenvalue weighted by Gasteiger charge is 2.23. The topological polar surface area (TPSA) is 24.1 Å². The Morgan fingerprint density at radius 2 is 1.93 bits per heavy atom. The average molecular weight is 200 g/mol. The third kappa shape index (κ3) is 5.61. The molecule has 0 spiro atoms. The lowest BCUT2D eigenvalue weighted by Crippen LogP contribution is -2.43. The molecule has 1 rings (SSSR count). The van der Waals surface area contributed by atoms with Gasteiger partial charge in [-0.25, -0.2) is 0 Å². The quantitative estimate of drug-likeness (QED) is 0.731. The van der Waals surface area contributed by atoms with Crippen molar-refractivity contribution in [2.24, 2.45) is 0 Å². The van der Waals surface area contributed by atoms with E-state index in [4.69, 9.17) is 0 Å². The average Bonchev–Trinajstić information content (AvgIpc) is 2.44. The van der Waals surface area contributed by atoms with Gasteiger partial charge < -0.3 is 10.6 Å². The molecule has 0 saturated carbocycles. The van der Waals surface area contributed by atoms with Gasteiger partial charge in [-0.1, -0.05) is 20.8 Å². The molecule has 2 heteroatoms. The fourth-order valence-electron chi connectivity index (χ4n) is 1.82. The van der Waals surface area contributed by atoms with Crippen molar-refractivity contribution in [3.63, 3.8) is 0 Å². The molecule has 2 nitrogen and oxygen atoms in total. The summed E-state index contributed by atoms with van der Waals surface area (Å²) in [5.41, 5.74) is 0.402. The summed E-state index contributed by atoms with van der Waals surface area (Å²) in [5.74, 6) is 0. The van der Waals surface area contributed by atoms with Crippen molar-refractivity contribution in [3.05, 3.63) is 0 Å². The largest absolute Gasteiger partial charge is 0.317 e. The SMILES string of the molecule is CC.CCCNC1(C)CCCNCC1. The van der Waals surface area contributed by atoms with E-state index in [-0.39, 0.29) is 0 Å². The fourth-order valence-corrected chi connectivity index (χ4v) is 1.82. The maximum Gasteiger partial charge on any atom is 0.0165 e. The standard InChI is InChI=1S/C10H22N2.C2H6/c1-3-7-12-10(2)5-4-8-11-9-6-10;1-2/h11-12H,3-9H2,1-2H3;1-2H3. The van der Waals surface area contributed by atoms with Crippen LogP contribution in [0.15, 0.2) is 0 Å². The third-order valence-electron chi connectivity index (χ3n) is 2.74. The van der Waals surface area contributed by atoms with Gasteiger partial charge in [0.15, 0.2) is 0 Å². The molecule has 0 amide bonds. The zero-order valence-corrected chi connectivity index (χ0v) is 10.4. The maximum absolute atomic E-state index is 3.65. The van der Waals surface area contributed by atoms with Gasteiger partial charge in [0.25, 0.3) is 0 Å². The molecule has 0 radical (unpaired) electrons. The first-order valence-electron chi connectivity index (χ1n) is 6.22. The monoisotopic (exact) mass is 200 g/mol. The van der Waals surface area contributed by atoms with Gasteiger partial charge in [-0.15, -0.1) is 0 Å². The van der Waals surface area contributed by atoms with Crippen molar-refractivity contribution in [1.29, 1.82) is 0 Å². The van der Waals surface area contributed by atoms with Gasteiger partial charge in [-0.2, -0.15) is 0 Å². The first-order valence-corrected chi connectivity index (χ1v) is 6.22. The van der Waals surface area contributed by atoms with Crippen LogP contribution in [0.5, 0.6) is 0 Å².